The quantitative estimate of drug-likeness (QED) is 0.662. The van der Waals surface area contributed by atoms with Gasteiger partial charge in [-0.25, -0.2) is 18.2 Å². The molecule has 19 heavy (non-hydrogen) atoms. The minimum atomic E-state index is -1.00. The molecule has 0 radical (unpaired) electrons. The summed E-state index contributed by atoms with van der Waals surface area (Å²) in [5.74, 6) is -2.34. The van der Waals surface area contributed by atoms with E-state index in [4.69, 9.17) is 5.73 Å². The molecule has 1 heterocycles. The van der Waals surface area contributed by atoms with Crippen molar-refractivity contribution in [1.29, 1.82) is 0 Å². The molecule has 0 saturated carbocycles. The number of hydrogen-bond acceptors (Lipinski definition) is 2. The second-order valence-electron chi connectivity index (χ2n) is 4.11. The van der Waals surface area contributed by atoms with Crippen molar-refractivity contribution in [3.05, 3.63) is 47.8 Å². The number of halogens is 3. The Morgan fingerprint density at radius 3 is 2.47 bits per heavy atom. The number of rotatable bonds is 1. The third-order valence-electron chi connectivity index (χ3n) is 2.77. The highest BCUT2D eigenvalue weighted by Crippen LogP contribution is 2.26. The number of nitrogens with zero attached hydrogens (tertiary/aromatic N) is 1. The maximum atomic E-state index is 13.7. The molecular formula is C13H8F3N3. The van der Waals surface area contributed by atoms with Gasteiger partial charge in [-0.2, -0.15) is 0 Å². The standard InChI is InChI=1S/C13H8F3N3/c14-8-2-1-6(17)3-7(8)13-18-11-4-9(15)10(16)5-12(11)19-13/h1-5H,17H2,(H,18,19). The van der Waals surface area contributed by atoms with E-state index in [1.807, 2.05) is 0 Å². The van der Waals surface area contributed by atoms with Gasteiger partial charge >= 0.3 is 0 Å². The molecule has 2 aromatic carbocycles. The van der Waals surface area contributed by atoms with Gasteiger partial charge in [0.2, 0.25) is 0 Å². The van der Waals surface area contributed by atoms with Crippen LogP contribution in [0.5, 0.6) is 0 Å². The molecule has 96 valence electrons. The lowest BCUT2D eigenvalue weighted by Gasteiger charge is -2.00. The van der Waals surface area contributed by atoms with E-state index in [0.29, 0.717) is 5.69 Å². The van der Waals surface area contributed by atoms with Gasteiger partial charge in [-0.05, 0) is 18.2 Å². The first-order valence-electron chi connectivity index (χ1n) is 5.45. The van der Waals surface area contributed by atoms with Crippen molar-refractivity contribution in [1.82, 2.24) is 9.97 Å². The summed E-state index contributed by atoms with van der Waals surface area (Å²) in [5, 5.41) is 0. The van der Waals surface area contributed by atoms with Crippen LogP contribution in [-0.2, 0) is 0 Å². The van der Waals surface area contributed by atoms with Gasteiger partial charge in [0.05, 0.1) is 16.6 Å². The van der Waals surface area contributed by atoms with Crippen molar-refractivity contribution >= 4 is 16.7 Å². The number of nitrogen functional groups attached to an aromatic ring is 1. The lowest BCUT2D eigenvalue weighted by Crippen LogP contribution is -1.90. The van der Waals surface area contributed by atoms with Crippen molar-refractivity contribution in [2.75, 3.05) is 5.73 Å². The van der Waals surface area contributed by atoms with Crippen LogP contribution in [0.15, 0.2) is 30.3 Å². The fourth-order valence-electron chi connectivity index (χ4n) is 1.86. The Hall–Kier alpha value is -2.50. The van der Waals surface area contributed by atoms with Crippen LogP contribution >= 0.6 is 0 Å². The summed E-state index contributed by atoms with van der Waals surface area (Å²) in [5.41, 5.74) is 6.60. The number of nitrogens with two attached hydrogens (primary N) is 1. The number of aromatic nitrogens is 2. The largest absolute Gasteiger partial charge is 0.399 e. The zero-order valence-electron chi connectivity index (χ0n) is 9.55. The van der Waals surface area contributed by atoms with Crippen LogP contribution in [0.2, 0.25) is 0 Å². The minimum Gasteiger partial charge on any atom is -0.399 e. The Kier molecular flexibility index (Phi) is 2.45. The Morgan fingerprint density at radius 2 is 1.68 bits per heavy atom. The zero-order valence-corrected chi connectivity index (χ0v) is 9.55. The Bertz CT molecular complexity index is 741. The highest BCUT2D eigenvalue weighted by Gasteiger charge is 2.13. The summed E-state index contributed by atoms with van der Waals surface area (Å²) in [6.45, 7) is 0. The highest BCUT2D eigenvalue weighted by atomic mass is 19.2. The number of H-pyrrole nitrogens is 1. The summed E-state index contributed by atoms with van der Waals surface area (Å²) in [6.07, 6.45) is 0. The molecule has 0 aliphatic rings. The van der Waals surface area contributed by atoms with Crippen LogP contribution in [0.4, 0.5) is 18.9 Å². The summed E-state index contributed by atoms with van der Waals surface area (Å²) in [4.78, 5) is 6.76. The van der Waals surface area contributed by atoms with Crippen molar-refractivity contribution in [2.24, 2.45) is 0 Å². The van der Waals surface area contributed by atoms with Crippen molar-refractivity contribution in [3.63, 3.8) is 0 Å². The topological polar surface area (TPSA) is 54.7 Å². The van der Waals surface area contributed by atoms with Crippen LogP contribution in [0.3, 0.4) is 0 Å². The van der Waals surface area contributed by atoms with Crippen LogP contribution in [0.1, 0.15) is 0 Å². The Balaban J connectivity index is 2.23. The number of anilines is 1. The number of imidazole rings is 1. The third-order valence-corrected chi connectivity index (χ3v) is 2.77. The summed E-state index contributed by atoms with van der Waals surface area (Å²) < 4.78 is 39.8. The van der Waals surface area contributed by atoms with E-state index < -0.39 is 17.5 Å². The monoisotopic (exact) mass is 263 g/mol. The van der Waals surface area contributed by atoms with Gasteiger partial charge in [-0.3, -0.25) is 0 Å². The number of benzene rings is 2. The second kappa shape index (κ2) is 4.01. The number of fused-ring (bicyclic) bond motifs is 1. The molecule has 3 nitrogen and oxygen atoms in total. The summed E-state index contributed by atoms with van der Waals surface area (Å²) >= 11 is 0. The van der Waals surface area contributed by atoms with E-state index in [1.165, 1.54) is 18.2 Å². The van der Waals surface area contributed by atoms with Crippen LogP contribution < -0.4 is 5.73 Å². The predicted octanol–water partition coefficient (Wildman–Crippen LogP) is 3.23. The molecule has 0 aliphatic heterocycles. The van der Waals surface area contributed by atoms with E-state index in [1.54, 1.807) is 0 Å². The van der Waals surface area contributed by atoms with Crippen LogP contribution in [-0.4, -0.2) is 9.97 Å². The summed E-state index contributed by atoms with van der Waals surface area (Å²) in [7, 11) is 0. The molecule has 3 rings (SSSR count). The maximum Gasteiger partial charge on any atom is 0.161 e. The first kappa shape index (κ1) is 11.6. The van der Waals surface area contributed by atoms with Gasteiger partial charge in [-0.15, -0.1) is 0 Å². The number of hydrogen-bond donors (Lipinski definition) is 2. The lowest BCUT2D eigenvalue weighted by molar-refractivity contribution is 0.510. The van der Waals surface area contributed by atoms with E-state index in [-0.39, 0.29) is 22.4 Å². The Labute approximate surface area is 105 Å². The van der Waals surface area contributed by atoms with Crippen molar-refractivity contribution in [3.8, 4) is 11.4 Å². The molecule has 1 aromatic heterocycles. The molecule has 0 unspecified atom stereocenters. The number of nitrogens with one attached hydrogen (secondary N) is 1. The predicted molar refractivity (Wildman–Crippen MR) is 65.8 cm³/mol. The molecular weight excluding hydrogens is 255 g/mol. The molecule has 0 bridgehead atoms. The first-order valence-corrected chi connectivity index (χ1v) is 5.45. The molecule has 0 fully saturated rings. The molecule has 3 N–H and O–H groups in total. The SMILES string of the molecule is Nc1ccc(F)c(-c2nc3cc(F)c(F)cc3[nH]2)c1. The third kappa shape index (κ3) is 1.91. The van der Waals surface area contributed by atoms with Crippen molar-refractivity contribution < 1.29 is 13.2 Å². The molecule has 0 saturated heterocycles. The smallest absolute Gasteiger partial charge is 0.161 e. The lowest BCUT2D eigenvalue weighted by atomic mass is 10.2. The average Bonchev–Trinajstić information content (AvgIpc) is 2.75. The van der Waals surface area contributed by atoms with Crippen molar-refractivity contribution in [2.45, 2.75) is 0 Å². The molecule has 0 spiro atoms. The normalized spacial score (nSPS) is 11.1. The average molecular weight is 263 g/mol. The highest BCUT2D eigenvalue weighted by molar-refractivity contribution is 5.80. The van der Waals surface area contributed by atoms with Crippen LogP contribution in [0, 0.1) is 17.5 Å². The fourth-order valence-corrected chi connectivity index (χ4v) is 1.86. The molecule has 0 aliphatic carbocycles. The molecule has 6 heteroatoms. The Morgan fingerprint density at radius 1 is 0.947 bits per heavy atom. The molecule has 0 amide bonds. The van der Waals surface area contributed by atoms with E-state index >= 15 is 0 Å². The molecule has 0 atom stereocenters. The second-order valence-corrected chi connectivity index (χ2v) is 4.11. The first-order chi connectivity index (χ1) is 9.04. The van der Waals surface area contributed by atoms with Gasteiger partial charge in [0.15, 0.2) is 11.6 Å². The maximum absolute atomic E-state index is 13.7. The van der Waals surface area contributed by atoms with Gasteiger partial charge in [0.25, 0.3) is 0 Å². The molecule has 3 aromatic rings. The van der Waals surface area contributed by atoms with E-state index in [9.17, 15) is 13.2 Å². The summed E-state index contributed by atoms with van der Waals surface area (Å²) in [6, 6.07) is 5.96. The fraction of sp³-hybridized carbons (Fsp3) is 0. The van der Waals surface area contributed by atoms with Gasteiger partial charge in [0.1, 0.15) is 11.6 Å². The number of aromatic amines is 1. The zero-order chi connectivity index (χ0) is 13.6. The van der Waals surface area contributed by atoms with Gasteiger partial charge in [-0.1, -0.05) is 0 Å². The minimum absolute atomic E-state index is 0.150. The van der Waals surface area contributed by atoms with E-state index in [2.05, 4.69) is 9.97 Å². The van der Waals surface area contributed by atoms with Gasteiger partial charge in [0, 0.05) is 17.8 Å². The van der Waals surface area contributed by atoms with E-state index in [0.717, 1.165) is 12.1 Å². The van der Waals surface area contributed by atoms with Crippen LogP contribution in [0.25, 0.3) is 22.4 Å². The van der Waals surface area contributed by atoms with Gasteiger partial charge < -0.3 is 10.7 Å².